The third-order valence-electron chi connectivity index (χ3n) is 4.18. The summed E-state index contributed by atoms with van der Waals surface area (Å²) in [6.07, 6.45) is 1.26. The summed E-state index contributed by atoms with van der Waals surface area (Å²) in [5.74, 6) is -1.25. The zero-order chi connectivity index (χ0) is 15.5. The largest absolute Gasteiger partial charge is 0.480 e. The molecular formula is C15H21O5P. The number of hydrogen-bond acceptors (Lipinski definition) is 3. The first-order valence-electron chi connectivity index (χ1n) is 7.16. The van der Waals surface area contributed by atoms with Gasteiger partial charge in [0.1, 0.15) is 0 Å². The summed E-state index contributed by atoms with van der Waals surface area (Å²) < 4.78 is 18.3. The average molecular weight is 312 g/mol. The smallest absolute Gasteiger partial charge is 0.324 e. The van der Waals surface area contributed by atoms with Crippen molar-refractivity contribution >= 4 is 13.3 Å². The van der Waals surface area contributed by atoms with Gasteiger partial charge in [0.15, 0.2) is 5.16 Å². The van der Waals surface area contributed by atoms with Crippen LogP contribution in [0.2, 0.25) is 0 Å². The molecule has 5 nitrogen and oxygen atoms in total. The molecule has 3 unspecified atom stereocenters. The van der Waals surface area contributed by atoms with E-state index < -0.39 is 18.5 Å². The summed E-state index contributed by atoms with van der Waals surface area (Å²) in [6.45, 7) is 2.13. The van der Waals surface area contributed by atoms with E-state index in [-0.39, 0.29) is 18.7 Å². The van der Waals surface area contributed by atoms with Gasteiger partial charge in [-0.1, -0.05) is 37.3 Å². The Morgan fingerprint density at radius 1 is 1.43 bits per heavy atom. The molecule has 0 spiro atoms. The van der Waals surface area contributed by atoms with Gasteiger partial charge in [-0.3, -0.25) is 9.36 Å². The molecule has 0 aliphatic carbocycles. The average Bonchev–Trinajstić information content (AvgIpc) is 2.98. The first kappa shape index (κ1) is 16.2. The maximum atomic E-state index is 12.8. The number of carboxylic acid groups (broad SMARTS) is 1. The highest BCUT2D eigenvalue weighted by Crippen LogP contribution is 2.62. The van der Waals surface area contributed by atoms with E-state index in [1.165, 1.54) is 0 Å². The summed E-state index contributed by atoms with van der Waals surface area (Å²) in [5.41, 5.74) is 0.376. The molecule has 1 aliphatic rings. The molecule has 0 aromatic heterocycles. The molecular weight excluding hydrogens is 291 g/mol. The van der Waals surface area contributed by atoms with Crippen LogP contribution in [0.4, 0.5) is 0 Å². The zero-order valence-electron chi connectivity index (χ0n) is 12.1. The molecule has 0 saturated carbocycles. The van der Waals surface area contributed by atoms with Gasteiger partial charge in [-0.2, -0.15) is 0 Å². The fraction of sp³-hybridized carbons (Fsp3) is 0.533. The Balaban J connectivity index is 2.54. The molecule has 21 heavy (non-hydrogen) atoms. The normalized spacial score (nSPS) is 24.2. The Morgan fingerprint density at radius 3 is 2.57 bits per heavy atom. The number of ether oxygens (including phenoxy) is 1. The van der Waals surface area contributed by atoms with Crippen molar-refractivity contribution in [3.8, 4) is 0 Å². The number of hydrogen-bond donors (Lipinski definition) is 2. The lowest BCUT2D eigenvalue weighted by atomic mass is 9.91. The van der Waals surface area contributed by atoms with Crippen molar-refractivity contribution in [2.24, 2.45) is 0 Å². The van der Waals surface area contributed by atoms with Gasteiger partial charge in [0, 0.05) is 19.2 Å². The Labute approximate surface area is 124 Å². The van der Waals surface area contributed by atoms with Gasteiger partial charge in [0.25, 0.3) is 0 Å². The van der Waals surface area contributed by atoms with Gasteiger partial charge in [0.05, 0.1) is 6.10 Å². The van der Waals surface area contributed by atoms with E-state index >= 15 is 0 Å². The predicted octanol–water partition coefficient (Wildman–Crippen LogP) is 2.83. The quantitative estimate of drug-likeness (QED) is 0.789. The standard InChI is InChI=1S/C15H21O5P/c1-2-21(18,19)15(14(16)17,11-13-9-6-10-20-13)12-7-4-3-5-8-12/h3-5,7-8,13H,2,6,9-11H2,1H3,(H,16,17)(H,18,19). The van der Waals surface area contributed by atoms with E-state index in [0.29, 0.717) is 12.2 Å². The molecule has 2 N–H and O–H groups in total. The molecule has 1 heterocycles. The second-order valence-electron chi connectivity index (χ2n) is 5.39. The highest BCUT2D eigenvalue weighted by atomic mass is 31.2. The number of rotatable bonds is 6. The molecule has 2 rings (SSSR count). The minimum Gasteiger partial charge on any atom is -0.480 e. The first-order valence-corrected chi connectivity index (χ1v) is 9.01. The molecule has 1 aromatic rings. The second kappa shape index (κ2) is 6.30. The summed E-state index contributed by atoms with van der Waals surface area (Å²) >= 11 is 0. The van der Waals surface area contributed by atoms with Crippen LogP contribution in [0.3, 0.4) is 0 Å². The van der Waals surface area contributed by atoms with Crippen molar-refractivity contribution in [3.63, 3.8) is 0 Å². The van der Waals surface area contributed by atoms with E-state index in [1.54, 1.807) is 37.3 Å². The fourth-order valence-electron chi connectivity index (χ4n) is 2.94. The third-order valence-corrected chi connectivity index (χ3v) is 6.86. The highest BCUT2D eigenvalue weighted by Gasteiger charge is 2.55. The lowest BCUT2D eigenvalue weighted by Crippen LogP contribution is -2.39. The summed E-state index contributed by atoms with van der Waals surface area (Å²) in [4.78, 5) is 22.5. The van der Waals surface area contributed by atoms with E-state index in [4.69, 9.17) is 4.74 Å². The van der Waals surface area contributed by atoms with Crippen LogP contribution in [0.15, 0.2) is 30.3 Å². The van der Waals surface area contributed by atoms with Crippen molar-refractivity contribution < 1.29 is 24.1 Å². The summed E-state index contributed by atoms with van der Waals surface area (Å²) in [5, 5.41) is 8.02. The predicted molar refractivity (Wildman–Crippen MR) is 79.7 cm³/mol. The molecule has 1 aliphatic heterocycles. The van der Waals surface area contributed by atoms with E-state index in [9.17, 15) is 19.4 Å². The zero-order valence-corrected chi connectivity index (χ0v) is 13.0. The number of aliphatic carboxylic acids is 1. The van der Waals surface area contributed by atoms with Gasteiger partial charge in [-0.25, -0.2) is 0 Å². The van der Waals surface area contributed by atoms with Crippen LogP contribution in [-0.2, 0) is 19.3 Å². The van der Waals surface area contributed by atoms with Crippen LogP contribution in [0.1, 0.15) is 31.7 Å². The number of carboxylic acids is 1. The van der Waals surface area contributed by atoms with Crippen molar-refractivity contribution in [3.05, 3.63) is 35.9 Å². The molecule has 0 bridgehead atoms. The van der Waals surface area contributed by atoms with Gasteiger partial charge < -0.3 is 14.7 Å². The number of carbonyl (C=O) groups is 1. The maximum Gasteiger partial charge on any atom is 0.324 e. The van der Waals surface area contributed by atoms with Crippen LogP contribution < -0.4 is 0 Å². The van der Waals surface area contributed by atoms with Crippen molar-refractivity contribution in [1.82, 2.24) is 0 Å². The maximum absolute atomic E-state index is 12.8. The minimum atomic E-state index is -3.92. The Bertz CT molecular complexity index is 538. The monoisotopic (exact) mass is 312 g/mol. The van der Waals surface area contributed by atoms with Crippen molar-refractivity contribution in [2.45, 2.75) is 37.4 Å². The van der Waals surface area contributed by atoms with Crippen LogP contribution in [-0.4, -0.2) is 34.8 Å². The Hall–Kier alpha value is -1.16. The minimum absolute atomic E-state index is 0.0357. The third kappa shape index (κ3) is 2.91. The molecule has 116 valence electrons. The fourth-order valence-corrected chi connectivity index (χ4v) is 4.82. The molecule has 0 radical (unpaired) electrons. The van der Waals surface area contributed by atoms with E-state index in [0.717, 1.165) is 12.8 Å². The topological polar surface area (TPSA) is 83.8 Å². The molecule has 1 aromatic carbocycles. The highest BCUT2D eigenvalue weighted by molar-refractivity contribution is 7.60. The summed E-state index contributed by atoms with van der Waals surface area (Å²) in [6, 6.07) is 8.37. The van der Waals surface area contributed by atoms with Crippen LogP contribution in [0, 0.1) is 0 Å². The van der Waals surface area contributed by atoms with Crippen molar-refractivity contribution in [2.75, 3.05) is 12.8 Å². The number of benzene rings is 1. The van der Waals surface area contributed by atoms with Crippen LogP contribution >= 0.6 is 7.37 Å². The molecule has 1 fully saturated rings. The first-order chi connectivity index (χ1) is 9.94. The molecule has 6 heteroatoms. The molecule has 1 saturated heterocycles. The van der Waals surface area contributed by atoms with E-state index in [1.807, 2.05) is 0 Å². The summed E-state index contributed by atoms with van der Waals surface area (Å²) in [7, 11) is -3.92. The Morgan fingerprint density at radius 2 is 2.10 bits per heavy atom. The molecule has 0 amide bonds. The lowest BCUT2D eigenvalue weighted by Gasteiger charge is -2.35. The second-order valence-corrected chi connectivity index (χ2v) is 8.19. The Kier molecular flexibility index (Phi) is 4.87. The van der Waals surface area contributed by atoms with Gasteiger partial charge in [-0.05, 0) is 18.4 Å². The van der Waals surface area contributed by atoms with Crippen LogP contribution in [0.25, 0.3) is 0 Å². The van der Waals surface area contributed by atoms with Gasteiger partial charge in [0.2, 0.25) is 7.37 Å². The SMILES string of the molecule is CCP(=O)(O)C(CC1CCCO1)(C(=O)O)c1ccccc1. The lowest BCUT2D eigenvalue weighted by molar-refractivity contribution is -0.141. The van der Waals surface area contributed by atoms with Crippen LogP contribution in [0.5, 0.6) is 0 Å². The van der Waals surface area contributed by atoms with Crippen molar-refractivity contribution in [1.29, 1.82) is 0 Å². The van der Waals surface area contributed by atoms with E-state index in [2.05, 4.69) is 0 Å². The molecule has 3 atom stereocenters. The van der Waals surface area contributed by atoms with Gasteiger partial charge >= 0.3 is 5.97 Å². The van der Waals surface area contributed by atoms with Gasteiger partial charge in [-0.15, -0.1) is 0 Å².